The Bertz CT molecular complexity index is 941. The molecule has 0 saturated carbocycles. The molecule has 2 fully saturated rings. The summed E-state index contributed by atoms with van der Waals surface area (Å²) < 4.78 is 13.1. The highest BCUT2D eigenvalue weighted by Gasteiger charge is 2.43. The van der Waals surface area contributed by atoms with E-state index in [2.05, 4.69) is 0 Å². The maximum absolute atomic E-state index is 13.1. The SMILES string of the molecule is O=C(c1ccc(Cl)cc1)N1CCN(C2CC(=O)N(c3ccc(F)cc3)C2=O)CC1. The molecule has 0 aromatic heterocycles. The summed E-state index contributed by atoms with van der Waals surface area (Å²) in [6.45, 7) is 1.94. The summed E-state index contributed by atoms with van der Waals surface area (Å²) in [5, 5.41) is 0.571. The van der Waals surface area contributed by atoms with Gasteiger partial charge in [0, 0.05) is 36.8 Å². The van der Waals surface area contributed by atoms with Crippen molar-refractivity contribution in [2.24, 2.45) is 0 Å². The molecule has 4 rings (SSSR count). The smallest absolute Gasteiger partial charge is 0.253 e. The summed E-state index contributed by atoms with van der Waals surface area (Å²) in [4.78, 5) is 42.7. The minimum absolute atomic E-state index is 0.0805. The first kappa shape index (κ1) is 19.5. The number of anilines is 1. The molecule has 2 aliphatic heterocycles. The molecule has 3 amide bonds. The Hall–Kier alpha value is -2.77. The molecular weight excluding hydrogens is 397 g/mol. The Morgan fingerprint density at radius 2 is 1.55 bits per heavy atom. The number of nitrogens with zero attached hydrogens (tertiary/aromatic N) is 3. The van der Waals surface area contributed by atoms with Gasteiger partial charge in [0.15, 0.2) is 0 Å². The van der Waals surface area contributed by atoms with Crippen molar-refractivity contribution in [1.29, 1.82) is 0 Å². The first-order chi connectivity index (χ1) is 13.9. The van der Waals surface area contributed by atoms with Crippen LogP contribution in [-0.4, -0.2) is 59.7 Å². The second-order valence-electron chi connectivity index (χ2n) is 7.10. The monoisotopic (exact) mass is 415 g/mol. The number of carbonyl (C=O) groups excluding carboxylic acids is 3. The van der Waals surface area contributed by atoms with Crippen LogP contribution < -0.4 is 4.90 Å². The van der Waals surface area contributed by atoms with E-state index in [-0.39, 0.29) is 24.1 Å². The van der Waals surface area contributed by atoms with Gasteiger partial charge in [0.05, 0.1) is 18.2 Å². The van der Waals surface area contributed by atoms with Gasteiger partial charge in [-0.3, -0.25) is 19.3 Å². The largest absolute Gasteiger partial charge is 0.336 e. The fraction of sp³-hybridized carbons (Fsp3) is 0.286. The van der Waals surface area contributed by atoms with Crippen molar-refractivity contribution in [1.82, 2.24) is 9.80 Å². The molecule has 0 N–H and O–H groups in total. The van der Waals surface area contributed by atoms with E-state index in [0.717, 1.165) is 4.90 Å². The number of benzene rings is 2. The van der Waals surface area contributed by atoms with Crippen LogP contribution >= 0.6 is 11.6 Å². The third-order valence-corrected chi connectivity index (χ3v) is 5.59. The van der Waals surface area contributed by atoms with Crippen LogP contribution in [0.2, 0.25) is 5.02 Å². The number of carbonyl (C=O) groups is 3. The van der Waals surface area contributed by atoms with E-state index in [4.69, 9.17) is 11.6 Å². The van der Waals surface area contributed by atoms with E-state index in [1.807, 2.05) is 4.90 Å². The van der Waals surface area contributed by atoms with Gasteiger partial charge in [0.2, 0.25) is 5.91 Å². The number of hydrogen-bond donors (Lipinski definition) is 0. The van der Waals surface area contributed by atoms with E-state index in [1.54, 1.807) is 29.2 Å². The maximum atomic E-state index is 13.1. The van der Waals surface area contributed by atoms with Gasteiger partial charge in [0.1, 0.15) is 5.82 Å². The van der Waals surface area contributed by atoms with Gasteiger partial charge < -0.3 is 4.90 Å². The van der Waals surface area contributed by atoms with Crippen LogP contribution in [0.1, 0.15) is 16.8 Å². The summed E-state index contributed by atoms with van der Waals surface area (Å²) >= 11 is 5.87. The first-order valence-electron chi connectivity index (χ1n) is 9.35. The molecule has 2 aliphatic rings. The molecule has 29 heavy (non-hydrogen) atoms. The van der Waals surface area contributed by atoms with Crippen molar-refractivity contribution in [3.8, 4) is 0 Å². The summed E-state index contributed by atoms with van der Waals surface area (Å²) in [6.07, 6.45) is 0.0847. The first-order valence-corrected chi connectivity index (χ1v) is 9.73. The molecule has 0 radical (unpaired) electrons. The molecule has 0 aliphatic carbocycles. The number of imide groups is 1. The molecule has 0 bridgehead atoms. The van der Waals surface area contributed by atoms with Crippen LogP contribution in [0.5, 0.6) is 0 Å². The van der Waals surface area contributed by atoms with E-state index in [1.165, 1.54) is 24.3 Å². The minimum Gasteiger partial charge on any atom is -0.336 e. The molecule has 2 heterocycles. The molecule has 2 aromatic carbocycles. The Balaban J connectivity index is 1.40. The number of hydrogen-bond acceptors (Lipinski definition) is 4. The van der Waals surface area contributed by atoms with E-state index >= 15 is 0 Å². The molecule has 6 nitrogen and oxygen atoms in total. The topological polar surface area (TPSA) is 60.9 Å². The van der Waals surface area contributed by atoms with Gasteiger partial charge in [-0.25, -0.2) is 9.29 Å². The highest BCUT2D eigenvalue weighted by molar-refractivity contribution is 6.30. The predicted octanol–water partition coefficient (Wildman–Crippen LogP) is 2.57. The quantitative estimate of drug-likeness (QED) is 0.723. The molecule has 8 heteroatoms. The standard InChI is InChI=1S/C21H19ClFN3O3/c22-15-3-1-14(2-4-15)20(28)25-11-9-24(10-12-25)18-13-19(27)26(21(18)29)17-7-5-16(23)6-8-17/h1-8,18H,9-13H2. The van der Waals surface area contributed by atoms with Crippen LogP contribution in [0.3, 0.4) is 0 Å². The summed E-state index contributed by atoms with van der Waals surface area (Å²) in [6, 6.07) is 11.5. The normalized spacial score (nSPS) is 20.4. The Kier molecular flexibility index (Phi) is 5.34. The van der Waals surface area contributed by atoms with Gasteiger partial charge in [-0.15, -0.1) is 0 Å². The maximum Gasteiger partial charge on any atom is 0.253 e. The second kappa shape index (κ2) is 7.93. The van der Waals surface area contributed by atoms with Crippen molar-refractivity contribution < 1.29 is 18.8 Å². The molecular formula is C21H19ClFN3O3. The minimum atomic E-state index is -0.555. The molecule has 2 aromatic rings. The van der Waals surface area contributed by atoms with E-state index in [0.29, 0.717) is 42.5 Å². The fourth-order valence-electron chi connectivity index (χ4n) is 3.77. The van der Waals surface area contributed by atoms with Gasteiger partial charge in [-0.2, -0.15) is 0 Å². The molecule has 1 atom stereocenters. The summed E-state index contributed by atoms with van der Waals surface area (Å²) in [5.74, 6) is -1.11. The zero-order valence-electron chi connectivity index (χ0n) is 15.6. The third-order valence-electron chi connectivity index (χ3n) is 5.34. The highest BCUT2D eigenvalue weighted by atomic mass is 35.5. The molecule has 0 spiro atoms. The van der Waals surface area contributed by atoms with E-state index in [9.17, 15) is 18.8 Å². The number of rotatable bonds is 3. The Morgan fingerprint density at radius 3 is 2.17 bits per heavy atom. The lowest BCUT2D eigenvalue weighted by Gasteiger charge is -2.37. The fourth-order valence-corrected chi connectivity index (χ4v) is 3.90. The van der Waals surface area contributed by atoms with Crippen LogP contribution in [0.4, 0.5) is 10.1 Å². The van der Waals surface area contributed by atoms with Crippen LogP contribution in [0.25, 0.3) is 0 Å². The lowest BCUT2D eigenvalue weighted by molar-refractivity contribution is -0.123. The number of halogens is 2. The predicted molar refractivity (Wildman–Crippen MR) is 106 cm³/mol. The lowest BCUT2D eigenvalue weighted by Crippen LogP contribution is -2.53. The Labute approximate surface area is 172 Å². The van der Waals surface area contributed by atoms with Crippen LogP contribution in [-0.2, 0) is 9.59 Å². The van der Waals surface area contributed by atoms with Gasteiger partial charge in [-0.1, -0.05) is 11.6 Å². The molecule has 2 saturated heterocycles. The van der Waals surface area contributed by atoms with Crippen LogP contribution in [0, 0.1) is 5.82 Å². The van der Waals surface area contributed by atoms with Gasteiger partial charge >= 0.3 is 0 Å². The average Bonchev–Trinajstić information content (AvgIpc) is 3.03. The summed E-state index contributed by atoms with van der Waals surface area (Å²) in [7, 11) is 0. The zero-order chi connectivity index (χ0) is 20.5. The van der Waals surface area contributed by atoms with Gasteiger partial charge in [0.25, 0.3) is 11.8 Å². The summed E-state index contributed by atoms with van der Waals surface area (Å²) in [5.41, 5.74) is 0.943. The van der Waals surface area contributed by atoms with Crippen LogP contribution in [0.15, 0.2) is 48.5 Å². The number of piperazine rings is 1. The third kappa shape index (κ3) is 3.88. The average molecular weight is 416 g/mol. The van der Waals surface area contributed by atoms with Crippen molar-refractivity contribution >= 4 is 35.0 Å². The second-order valence-corrected chi connectivity index (χ2v) is 7.54. The van der Waals surface area contributed by atoms with Gasteiger partial charge in [-0.05, 0) is 48.5 Å². The van der Waals surface area contributed by atoms with Crippen molar-refractivity contribution in [3.05, 3.63) is 64.9 Å². The number of amides is 3. The van der Waals surface area contributed by atoms with E-state index < -0.39 is 11.9 Å². The molecule has 1 unspecified atom stereocenters. The zero-order valence-corrected chi connectivity index (χ0v) is 16.3. The van der Waals surface area contributed by atoms with Crippen molar-refractivity contribution in [2.45, 2.75) is 12.5 Å². The van der Waals surface area contributed by atoms with Crippen molar-refractivity contribution in [2.75, 3.05) is 31.1 Å². The lowest BCUT2D eigenvalue weighted by atomic mass is 10.1. The molecule has 150 valence electrons. The van der Waals surface area contributed by atoms with Crippen molar-refractivity contribution in [3.63, 3.8) is 0 Å². The Morgan fingerprint density at radius 1 is 0.931 bits per heavy atom. The highest BCUT2D eigenvalue weighted by Crippen LogP contribution is 2.26.